The SMILES string of the molecule is CCOC(=O)c1nc(C)n(Cc2ccccc2OC)c1N. The molecule has 6 heteroatoms. The van der Waals surface area contributed by atoms with Crippen LogP contribution in [-0.4, -0.2) is 29.2 Å². The molecule has 21 heavy (non-hydrogen) atoms. The number of nitrogen functional groups attached to an aromatic ring is 1. The van der Waals surface area contributed by atoms with Crippen LogP contribution in [0.5, 0.6) is 5.75 Å². The number of rotatable bonds is 5. The molecule has 1 aromatic heterocycles. The predicted octanol–water partition coefficient (Wildman–Crippen LogP) is 2.01. The molecule has 0 radical (unpaired) electrons. The van der Waals surface area contributed by atoms with E-state index in [0.29, 0.717) is 18.2 Å². The first-order valence-electron chi connectivity index (χ1n) is 6.70. The highest BCUT2D eigenvalue weighted by Crippen LogP contribution is 2.22. The number of carbonyl (C=O) groups excluding carboxylic acids is 1. The third kappa shape index (κ3) is 2.99. The van der Waals surface area contributed by atoms with Gasteiger partial charge in [0, 0.05) is 5.56 Å². The summed E-state index contributed by atoms with van der Waals surface area (Å²) < 4.78 is 12.0. The molecule has 6 nitrogen and oxygen atoms in total. The van der Waals surface area contributed by atoms with Crippen molar-refractivity contribution in [2.75, 3.05) is 19.5 Å². The van der Waals surface area contributed by atoms with Gasteiger partial charge >= 0.3 is 5.97 Å². The molecule has 1 heterocycles. The molecule has 0 fully saturated rings. The summed E-state index contributed by atoms with van der Waals surface area (Å²) >= 11 is 0. The van der Waals surface area contributed by atoms with Gasteiger partial charge in [0.05, 0.1) is 20.3 Å². The lowest BCUT2D eigenvalue weighted by Crippen LogP contribution is -2.11. The summed E-state index contributed by atoms with van der Waals surface area (Å²) in [6, 6.07) is 7.65. The number of hydrogen-bond donors (Lipinski definition) is 1. The summed E-state index contributed by atoms with van der Waals surface area (Å²) in [7, 11) is 1.62. The molecule has 0 bridgehead atoms. The van der Waals surface area contributed by atoms with Crippen molar-refractivity contribution in [2.24, 2.45) is 0 Å². The average Bonchev–Trinajstić information content (AvgIpc) is 2.76. The first kappa shape index (κ1) is 14.9. The molecule has 0 aliphatic rings. The second-order valence-electron chi connectivity index (χ2n) is 4.51. The molecule has 0 spiro atoms. The molecule has 2 aromatic rings. The highest BCUT2D eigenvalue weighted by Gasteiger charge is 2.20. The lowest BCUT2D eigenvalue weighted by Gasteiger charge is -2.11. The van der Waals surface area contributed by atoms with Crippen LogP contribution in [0.1, 0.15) is 28.8 Å². The minimum atomic E-state index is -0.503. The number of carbonyl (C=O) groups is 1. The van der Waals surface area contributed by atoms with Crippen molar-refractivity contribution in [2.45, 2.75) is 20.4 Å². The Morgan fingerprint density at radius 1 is 1.38 bits per heavy atom. The van der Waals surface area contributed by atoms with Crippen molar-refractivity contribution in [1.29, 1.82) is 0 Å². The smallest absolute Gasteiger partial charge is 0.360 e. The second-order valence-corrected chi connectivity index (χ2v) is 4.51. The van der Waals surface area contributed by atoms with Crippen LogP contribution in [0.3, 0.4) is 0 Å². The topological polar surface area (TPSA) is 79.4 Å². The molecule has 0 saturated carbocycles. The number of aryl methyl sites for hydroxylation is 1. The maximum atomic E-state index is 11.8. The Morgan fingerprint density at radius 2 is 2.10 bits per heavy atom. The Kier molecular flexibility index (Phi) is 4.47. The van der Waals surface area contributed by atoms with Gasteiger partial charge in [0.1, 0.15) is 17.4 Å². The van der Waals surface area contributed by atoms with E-state index in [4.69, 9.17) is 15.2 Å². The van der Waals surface area contributed by atoms with Gasteiger partial charge in [-0.3, -0.25) is 0 Å². The van der Waals surface area contributed by atoms with E-state index >= 15 is 0 Å². The fourth-order valence-electron chi connectivity index (χ4n) is 2.13. The Balaban J connectivity index is 2.35. The van der Waals surface area contributed by atoms with Gasteiger partial charge in [0.15, 0.2) is 5.69 Å². The molecular weight excluding hydrogens is 270 g/mol. The summed E-state index contributed by atoms with van der Waals surface area (Å²) in [5.74, 6) is 1.22. The summed E-state index contributed by atoms with van der Waals surface area (Å²) in [5, 5.41) is 0. The number of esters is 1. The molecule has 112 valence electrons. The summed E-state index contributed by atoms with van der Waals surface area (Å²) in [4.78, 5) is 16.0. The van der Waals surface area contributed by atoms with Gasteiger partial charge in [0.25, 0.3) is 0 Å². The second kappa shape index (κ2) is 6.30. The number of benzene rings is 1. The minimum absolute atomic E-state index is 0.157. The largest absolute Gasteiger partial charge is 0.496 e. The Labute approximate surface area is 123 Å². The number of ether oxygens (including phenoxy) is 2. The Morgan fingerprint density at radius 3 is 2.76 bits per heavy atom. The fourth-order valence-corrected chi connectivity index (χ4v) is 2.13. The molecule has 0 unspecified atom stereocenters. The predicted molar refractivity (Wildman–Crippen MR) is 79.4 cm³/mol. The minimum Gasteiger partial charge on any atom is -0.496 e. The van der Waals surface area contributed by atoms with Gasteiger partial charge in [0.2, 0.25) is 0 Å². The summed E-state index contributed by atoms with van der Waals surface area (Å²) in [5.41, 5.74) is 7.15. The maximum absolute atomic E-state index is 11.8. The van der Waals surface area contributed by atoms with Crippen LogP contribution in [0.15, 0.2) is 24.3 Å². The van der Waals surface area contributed by atoms with Gasteiger partial charge in [-0.15, -0.1) is 0 Å². The first-order valence-corrected chi connectivity index (χ1v) is 6.70. The van der Waals surface area contributed by atoms with Crippen LogP contribution in [0.25, 0.3) is 0 Å². The molecule has 2 N–H and O–H groups in total. The molecule has 2 rings (SSSR count). The first-order chi connectivity index (χ1) is 10.1. The molecular formula is C15H19N3O3. The van der Waals surface area contributed by atoms with E-state index in [2.05, 4.69) is 4.98 Å². The molecule has 0 atom stereocenters. The van der Waals surface area contributed by atoms with Crippen LogP contribution in [0.2, 0.25) is 0 Å². The van der Waals surface area contributed by atoms with Crippen molar-refractivity contribution in [3.05, 3.63) is 41.3 Å². The van der Waals surface area contributed by atoms with Gasteiger partial charge < -0.3 is 19.8 Å². The number of nitrogens with two attached hydrogens (primary N) is 1. The monoisotopic (exact) mass is 289 g/mol. The number of hydrogen-bond acceptors (Lipinski definition) is 5. The van der Waals surface area contributed by atoms with Gasteiger partial charge in [-0.2, -0.15) is 0 Å². The Hall–Kier alpha value is -2.50. The zero-order valence-electron chi connectivity index (χ0n) is 12.4. The van der Waals surface area contributed by atoms with Crippen LogP contribution in [0, 0.1) is 6.92 Å². The number of methoxy groups -OCH3 is 1. The van der Waals surface area contributed by atoms with Crippen molar-refractivity contribution in [3.63, 3.8) is 0 Å². The molecule has 0 aliphatic heterocycles. The van der Waals surface area contributed by atoms with Gasteiger partial charge in [-0.1, -0.05) is 18.2 Å². The number of imidazole rings is 1. The quantitative estimate of drug-likeness (QED) is 0.852. The Bertz CT molecular complexity index is 650. The highest BCUT2D eigenvalue weighted by molar-refractivity contribution is 5.92. The highest BCUT2D eigenvalue weighted by atomic mass is 16.5. The van der Waals surface area contributed by atoms with E-state index in [0.717, 1.165) is 11.3 Å². The number of nitrogens with zero attached hydrogens (tertiary/aromatic N) is 2. The van der Waals surface area contributed by atoms with Gasteiger partial charge in [-0.05, 0) is 19.9 Å². The van der Waals surface area contributed by atoms with Crippen molar-refractivity contribution < 1.29 is 14.3 Å². The van der Waals surface area contributed by atoms with E-state index in [1.54, 1.807) is 25.5 Å². The third-order valence-electron chi connectivity index (χ3n) is 3.19. The standard InChI is InChI=1S/C15H19N3O3/c1-4-21-15(19)13-14(16)18(10(2)17-13)9-11-7-5-6-8-12(11)20-3/h5-8H,4,9,16H2,1-3H3. The number of anilines is 1. The van der Waals surface area contributed by atoms with E-state index in [1.807, 2.05) is 24.3 Å². The fraction of sp³-hybridized carbons (Fsp3) is 0.333. The van der Waals surface area contributed by atoms with Crippen molar-refractivity contribution in [3.8, 4) is 5.75 Å². The molecule has 0 aliphatic carbocycles. The summed E-state index contributed by atoms with van der Waals surface area (Å²) in [6.07, 6.45) is 0. The van der Waals surface area contributed by atoms with Crippen molar-refractivity contribution >= 4 is 11.8 Å². The zero-order chi connectivity index (χ0) is 15.4. The van der Waals surface area contributed by atoms with Crippen LogP contribution in [-0.2, 0) is 11.3 Å². The van der Waals surface area contributed by atoms with Crippen molar-refractivity contribution in [1.82, 2.24) is 9.55 Å². The maximum Gasteiger partial charge on any atom is 0.360 e. The van der Waals surface area contributed by atoms with Gasteiger partial charge in [-0.25, -0.2) is 9.78 Å². The van der Waals surface area contributed by atoms with Crippen LogP contribution < -0.4 is 10.5 Å². The molecule has 0 amide bonds. The molecule has 0 saturated heterocycles. The number of para-hydroxylation sites is 1. The van der Waals surface area contributed by atoms with E-state index < -0.39 is 5.97 Å². The van der Waals surface area contributed by atoms with E-state index in [9.17, 15) is 4.79 Å². The van der Waals surface area contributed by atoms with Crippen LogP contribution in [0.4, 0.5) is 5.82 Å². The zero-order valence-corrected chi connectivity index (χ0v) is 12.4. The lowest BCUT2D eigenvalue weighted by molar-refractivity contribution is 0.0521. The average molecular weight is 289 g/mol. The lowest BCUT2D eigenvalue weighted by atomic mass is 10.2. The summed E-state index contributed by atoms with van der Waals surface area (Å²) in [6.45, 7) is 4.31. The van der Waals surface area contributed by atoms with E-state index in [1.165, 1.54) is 0 Å². The van der Waals surface area contributed by atoms with E-state index in [-0.39, 0.29) is 12.3 Å². The van der Waals surface area contributed by atoms with Crippen LogP contribution >= 0.6 is 0 Å². The normalized spacial score (nSPS) is 10.4. The third-order valence-corrected chi connectivity index (χ3v) is 3.19. The number of aromatic nitrogens is 2. The molecule has 1 aromatic carbocycles.